The van der Waals surface area contributed by atoms with Crippen LogP contribution in [0.15, 0.2) is 42.9 Å². The zero-order valence-electron chi connectivity index (χ0n) is 18.7. The average Bonchev–Trinajstić information content (AvgIpc) is 2.83. The molecule has 3 aromatic rings. The molecule has 0 spiro atoms. The third kappa shape index (κ3) is 5.16. The van der Waals surface area contributed by atoms with Crippen molar-refractivity contribution in [1.82, 2.24) is 19.9 Å². The quantitative estimate of drug-likeness (QED) is 0.476. The molecule has 33 heavy (non-hydrogen) atoms. The number of aryl methyl sites for hydroxylation is 2. The Hall–Kier alpha value is -3.41. The number of nitrogens with zero attached hydrogens (tertiary/aromatic N) is 4. The summed E-state index contributed by atoms with van der Waals surface area (Å²) in [6, 6.07) is 9.25. The minimum atomic E-state index is -0.822. The summed E-state index contributed by atoms with van der Waals surface area (Å²) in [5, 5.41) is 0. The fraction of sp³-hybridized carbons (Fsp3) is 0.280. The second-order valence-corrected chi connectivity index (χ2v) is 9.49. The van der Waals surface area contributed by atoms with Crippen molar-refractivity contribution in [3.05, 3.63) is 70.8 Å². The molecule has 3 heterocycles. The Labute approximate surface area is 196 Å². The maximum Gasteiger partial charge on any atom is 0.254 e. The third-order valence-electron chi connectivity index (χ3n) is 5.57. The number of rotatable bonds is 3. The van der Waals surface area contributed by atoms with Gasteiger partial charge in [0.2, 0.25) is 0 Å². The van der Waals surface area contributed by atoms with Crippen LogP contribution in [0.5, 0.6) is 0 Å². The van der Waals surface area contributed by atoms with Crippen molar-refractivity contribution in [3.63, 3.8) is 0 Å². The molecule has 0 unspecified atom stereocenters. The van der Waals surface area contributed by atoms with Crippen molar-refractivity contribution in [2.45, 2.75) is 20.3 Å². The number of amides is 1. The van der Waals surface area contributed by atoms with Gasteiger partial charge in [0.25, 0.3) is 5.91 Å². The predicted molar refractivity (Wildman–Crippen MR) is 130 cm³/mol. The number of pyridine rings is 1. The summed E-state index contributed by atoms with van der Waals surface area (Å²) in [7, 11) is 0. The van der Waals surface area contributed by atoms with E-state index in [1.807, 2.05) is 38.1 Å². The lowest BCUT2D eigenvalue weighted by Crippen LogP contribution is -2.43. The van der Waals surface area contributed by atoms with Crippen LogP contribution < -0.4 is 5.73 Å². The van der Waals surface area contributed by atoms with Crippen LogP contribution in [-0.4, -0.2) is 54.9 Å². The molecule has 1 aliphatic heterocycles. The number of nitrogen functional groups attached to an aromatic ring is 1. The Kier molecular flexibility index (Phi) is 6.92. The van der Waals surface area contributed by atoms with E-state index in [9.17, 15) is 9.35 Å². The molecule has 1 fully saturated rings. The van der Waals surface area contributed by atoms with E-state index in [0.717, 1.165) is 33.6 Å². The van der Waals surface area contributed by atoms with Crippen LogP contribution in [-0.2, 0) is 17.6 Å². The van der Waals surface area contributed by atoms with E-state index in [2.05, 4.69) is 26.8 Å². The van der Waals surface area contributed by atoms with Gasteiger partial charge >= 0.3 is 0 Å². The van der Waals surface area contributed by atoms with Gasteiger partial charge in [-0.1, -0.05) is 36.0 Å². The van der Waals surface area contributed by atoms with Crippen LogP contribution in [0.2, 0.25) is 0 Å². The van der Waals surface area contributed by atoms with Crippen LogP contribution in [0.25, 0.3) is 11.3 Å². The highest BCUT2D eigenvalue weighted by Gasteiger charge is 2.25. The number of benzene rings is 1. The summed E-state index contributed by atoms with van der Waals surface area (Å²) >= 11 is -0.822. The predicted octanol–water partition coefficient (Wildman–Crippen LogP) is 2.60. The molecule has 2 aromatic heterocycles. The SMILES string of the molecule is CCc1ncnc(-c2ccc(C(=O)N3CC[S+]([O-])CC3)c(C)c2)c1C#Cc1ccc(N)nc1. The number of carbonyl (C=O) groups is 1. The summed E-state index contributed by atoms with van der Waals surface area (Å²) in [5.41, 5.74) is 11.1. The molecule has 0 bridgehead atoms. The molecule has 1 amide bonds. The first-order valence-electron chi connectivity index (χ1n) is 10.8. The number of carbonyl (C=O) groups excluding carboxylic acids is 1. The smallest absolute Gasteiger partial charge is 0.254 e. The lowest BCUT2D eigenvalue weighted by molar-refractivity contribution is 0.0769. The highest BCUT2D eigenvalue weighted by molar-refractivity contribution is 7.91. The molecule has 8 heteroatoms. The van der Waals surface area contributed by atoms with E-state index in [4.69, 9.17) is 5.73 Å². The van der Waals surface area contributed by atoms with Crippen LogP contribution in [0.4, 0.5) is 5.82 Å². The molecular weight excluding hydrogens is 434 g/mol. The van der Waals surface area contributed by atoms with Crippen molar-refractivity contribution in [2.24, 2.45) is 0 Å². The molecule has 1 saturated heterocycles. The van der Waals surface area contributed by atoms with E-state index in [0.29, 0.717) is 42.4 Å². The molecule has 1 aliphatic rings. The first kappa shape index (κ1) is 22.8. The summed E-state index contributed by atoms with van der Waals surface area (Å²) < 4.78 is 11.6. The first-order valence-corrected chi connectivity index (χ1v) is 12.3. The molecule has 0 saturated carbocycles. The molecular formula is C25H25N5O2S. The van der Waals surface area contributed by atoms with Gasteiger partial charge in [-0.15, -0.1) is 0 Å². The third-order valence-corrected chi connectivity index (χ3v) is 6.85. The largest absolute Gasteiger partial charge is 0.616 e. The fourth-order valence-electron chi connectivity index (χ4n) is 3.72. The van der Waals surface area contributed by atoms with Gasteiger partial charge in [0, 0.05) is 22.9 Å². The normalized spacial score (nSPS) is 14.0. The monoisotopic (exact) mass is 459 g/mol. The van der Waals surface area contributed by atoms with Crippen molar-refractivity contribution in [3.8, 4) is 23.1 Å². The van der Waals surface area contributed by atoms with Gasteiger partial charge in [0.15, 0.2) is 0 Å². The van der Waals surface area contributed by atoms with Crippen LogP contribution in [0.3, 0.4) is 0 Å². The number of hydrogen-bond acceptors (Lipinski definition) is 6. The number of aromatic nitrogens is 3. The fourth-order valence-corrected chi connectivity index (χ4v) is 4.77. The van der Waals surface area contributed by atoms with Gasteiger partial charge in [0.05, 0.1) is 30.0 Å². The Balaban J connectivity index is 1.67. The van der Waals surface area contributed by atoms with Gasteiger partial charge in [-0.3, -0.25) is 4.79 Å². The standard InChI is InChI=1S/C25H25N5O2S/c1-3-22-21(7-4-18-5-9-23(26)27-15-18)24(29-16-28-22)19-6-8-20(17(2)14-19)25(31)30-10-12-33(32)13-11-30/h5-6,8-9,14-16H,3,10-13H2,1-2H3,(H2,26,27). The lowest BCUT2D eigenvalue weighted by atomic mass is 9.98. The van der Waals surface area contributed by atoms with Gasteiger partial charge < -0.3 is 15.2 Å². The summed E-state index contributed by atoms with van der Waals surface area (Å²) in [4.78, 5) is 27.8. The minimum absolute atomic E-state index is 0.0245. The maximum atomic E-state index is 13.0. The molecule has 1 aromatic carbocycles. The van der Waals surface area contributed by atoms with Gasteiger partial charge in [-0.25, -0.2) is 15.0 Å². The maximum absolute atomic E-state index is 13.0. The van der Waals surface area contributed by atoms with E-state index in [-0.39, 0.29) is 5.91 Å². The number of hydrogen-bond donors (Lipinski definition) is 1. The van der Waals surface area contributed by atoms with Crippen molar-refractivity contribution < 1.29 is 9.35 Å². The van der Waals surface area contributed by atoms with Crippen LogP contribution >= 0.6 is 0 Å². The van der Waals surface area contributed by atoms with Gasteiger partial charge in [-0.05, 0) is 43.2 Å². The topological polar surface area (TPSA) is 108 Å². The summed E-state index contributed by atoms with van der Waals surface area (Å²) in [6.45, 7) is 5.00. The molecule has 4 rings (SSSR count). The number of nitrogens with two attached hydrogens (primary N) is 1. The molecule has 0 atom stereocenters. The van der Waals surface area contributed by atoms with Gasteiger partial charge in [0.1, 0.15) is 23.7 Å². The Bertz CT molecular complexity index is 1230. The minimum Gasteiger partial charge on any atom is -0.616 e. The summed E-state index contributed by atoms with van der Waals surface area (Å²) in [6.07, 6.45) is 3.90. The Morgan fingerprint density at radius 2 is 1.94 bits per heavy atom. The first-order chi connectivity index (χ1) is 16.0. The Morgan fingerprint density at radius 1 is 1.15 bits per heavy atom. The zero-order valence-corrected chi connectivity index (χ0v) is 19.5. The molecule has 168 valence electrons. The number of anilines is 1. The van der Waals surface area contributed by atoms with E-state index >= 15 is 0 Å². The van der Waals surface area contributed by atoms with Crippen molar-refractivity contribution in [1.29, 1.82) is 0 Å². The van der Waals surface area contributed by atoms with E-state index in [1.165, 1.54) is 0 Å². The van der Waals surface area contributed by atoms with E-state index in [1.54, 1.807) is 23.5 Å². The van der Waals surface area contributed by atoms with Crippen LogP contribution in [0.1, 0.15) is 39.7 Å². The zero-order chi connectivity index (χ0) is 23.4. The van der Waals surface area contributed by atoms with Crippen LogP contribution in [0, 0.1) is 18.8 Å². The second-order valence-electron chi connectivity index (χ2n) is 7.79. The molecule has 2 N–H and O–H groups in total. The summed E-state index contributed by atoms with van der Waals surface area (Å²) in [5.74, 6) is 7.85. The molecule has 7 nitrogen and oxygen atoms in total. The highest BCUT2D eigenvalue weighted by Crippen LogP contribution is 2.26. The van der Waals surface area contributed by atoms with E-state index < -0.39 is 11.2 Å². The second kappa shape index (κ2) is 10.0. The van der Waals surface area contributed by atoms with Gasteiger partial charge in [-0.2, -0.15) is 0 Å². The highest BCUT2D eigenvalue weighted by atomic mass is 32.2. The van der Waals surface area contributed by atoms with Crippen molar-refractivity contribution >= 4 is 22.9 Å². The Morgan fingerprint density at radius 3 is 2.61 bits per heavy atom. The lowest BCUT2D eigenvalue weighted by Gasteiger charge is -2.28. The van der Waals surface area contributed by atoms with Crippen molar-refractivity contribution in [2.75, 3.05) is 30.3 Å². The molecule has 0 radical (unpaired) electrons. The molecule has 0 aliphatic carbocycles. The average molecular weight is 460 g/mol.